The quantitative estimate of drug-likeness (QED) is 0.405. The number of amides is 3. The standard InChI is InChI=1S/C28H38N8O3/c1-3-24-22(17-30-27(37)19-5-7-21(8-6-19)34-13-15-39-16-14-34)25(23-18-31-36(4-2)26(23)33-24)32-20-9-11-35(12-10-20)28(29)38/h5-8,18,20H,3-4,9-17H2,1-2H3,(H2,29,38)(H,30,37)(H,32,33). The number of benzene rings is 1. The Morgan fingerprint density at radius 2 is 1.79 bits per heavy atom. The van der Waals surface area contributed by atoms with E-state index in [0.29, 0.717) is 31.7 Å². The predicted molar refractivity (Wildman–Crippen MR) is 151 cm³/mol. The van der Waals surface area contributed by atoms with E-state index in [1.54, 1.807) is 4.90 Å². The number of pyridine rings is 1. The minimum absolute atomic E-state index is 0.129. The SMILES string of the molecule is CCc1nc2c(cnn2CC)c(NC2CCN(C(N)=O)CC2)c1CNC(=O)c1ccc(N2CCOCC2)cc1. The van der Waals surface area contributed by atoms with E-state index < -0.39 is 0 Å². The van der Waals surface area contributed by atoms with Gasteiger partial charge in [-0.05, 0) is 50.5 Å². The number of carbonyl (C=O) groups is 2. The van der Waals surface area contributed by atoms with Gasteiger partial charge >= 0.3 is 6.03 Å². The molecule has 0 spiro atoms. The number of rotatable bonds is 8. The average molecular weight is 535 g/mol. The van der Waals surface area contributed by atoms with Crippen molar-refractivity contribution < 1.29 is 14.3 Å². The second-order valence-corrected chi connectivity index (χ2v) is 10.0. The molecule has 2 saturated heterocycles. The highest BCUT2D eigenvalue weighted by Gasteiger charge is 2.25. The molecule has 39 heavy (non-hydrogen) atoms. The summed E-state index contributed by atoms with van der Waals surface area (Å²) in [6.45, 7) is 9.56. The van der Waals surface area contributed by atoms with Gasteiger partial charge in [-0.1, -0.05) is 6.92 Å². The molecule has 2 aliphatic rings. The van der Waals surface area contributed by atoms with Crippen LogP contribution in [0.15, 0.2) is 30.5 Å². The van der Waals surface area contributed by atoms with Crippen LogP contribution in [0.1, 0.15) is 48.3 Å². The summed E-state index contributed by atoms with van der Waals surface area (Å²) >= 11 is 0. The van der Waals surface area contributed by atoms with Crippen LogP contribution in [0.4, 0.5) is 16.2 Å². The zero-order valence-electron chi connectivity index (χ0n) is 22.8. The van der Waals surface area contributed by atoms with E-state index in [2.05, 4.69) is 27.6 Å². The maximum Gasteiger partial charge on any atom is 0.314 e. The van der Waals surface area contributed by atoms with E-state index in [9.17, 15) is 9.59 Å². The molecular formula is C28H38N8O3. The monoisotopic (exact) mass is 534 g/mol. The fourth-order valence-electron chi connectivity index (χ4n) is 5.42. The lowest BCUT2D eigenvalue weighted by Gasteiger charge is -2.32. The largest absolute Gasteiger partial charge is 0.381 e. The Hall–Kier alpha value is -3.86. The zero-order valence-corrected chi connectivity index (χ0v) is 22.8. The molecule has 1 aromatic carbocycles. The van der Waals surface area contributed by atoms with Crippen molar-refractivity contribution in [1.82, 2.24) is 25.0 Å². The summed E-state index contributed by atoms with van der Waals surface area (Å²) in [5, 5.41) is 12.3. The number of urea groups is 1. The van der Waals surface area contributed by atoms with E-state index >= 15 is 0 Å². The second kappa shape index (κ2) is 11.9. The van der Waals surface area contributed by atoms with Crippen molar-refractivity contribution in [3.05, 3.63) is 47.3 Å². The van der Waals surface area contributed by atoms with Gasteiger partial charge < -0.3 is 30.9 Å². The molecule has 2 aromatic heterocycles. The van der Waals surface area contributed by atoms with Crippen LogP contribution in [0.25, 0.3) is 11.0 Å². The highest BCUT2D eigenvalue weighted by molar-refractivity contribution is 5.95. The highest BCUT2D eigenvalue weighted by Crippen LogP contribution is 2.31. The van der Waals surface area contributed by atoms with Gasteiger partial charge in [0.2, 0.25) is 0 Å². The Morgan fingerprint density at radius 3 is 2.44 bits per heavy atom. The fraction of sp³-hybridized carbons (Fsp3) is 0.500. The van der Waals surface area contributed by atoms with Crippen molar-refractivity contribution in [3.8, 4) is 0 Å². The molecule has 11 heteroatoms. The molecule has 0 radical (unpaired) electrons. The van der Waals surface area contributed by atoms with Crippen molar-refractivity contribution in [3.63, 3.8) is 0 Å². The number of carbonyl (C=O) groups excluding carboxylic acids is 2. The van der Waals surface area contributed by atoms with Crippen molar-refractivity contribution in [2.45, 2.75) is 52.2 Å². The molecule has 0 unspecified atom stereocenters. The number of aryl methyl sites for hydroxylation is 2. The predicted octanol–water partition coefficient (Wildman–Crippen LogP) is 2.74. The Morgan fingerprint density at radius 1 is 1.08 bits per heavy atom. The Labute approximate surface area is 228 Å². The first kappa shape index (κ1) is 26.7. The van der Waals surface area contributed by atoms with Crippen molar-refractivity contribution >= 4 is 34.3 Å². The van der Waals surface area contributed by atoms with Gasteiger partial charge in [0.25, 0.3) is 5.91 Å². The molecule has 4 heterocycles. The number of anilines is 2. The van der Waals surface area contributed by atoms with Gasteiger partial charge in [-0.2, -0.15) is 5.10 Å². The summed E-state index contributed by atoms with van der Waals surface area (Å²) < 4.78 is 7.34. The van der Waals surface area contributed by atoms with Gasteiger partial charge in [0.15, 0.2) is 5.65 Å². The average Bonchev–Trinajstić information content (AvgIpc) is 3.40. The number of nitrogens with two attached hydrogens (primary N) is 1. The van der Waals surface area contributed by atoms with Gasteiger partial charge in [0, 0.05) is 67.8 Å². The lowest BCUT2D eigenvalue weighted by molar-refractivity contribution is 0.0950. The molecule has 3 aromatic rings. The van der Waals surface area contributed by atoms with Crippen LogP contribution >= 0.6 is 0 Å². The number of nitrogens with zero attached hydrogens (tertiary/aromatic N) is 5. The number of aromatic nitrogens is 3. The molecule has 0 saturated carbocycles. The molecule has 11 nitrogen and oxygen atoms in total. The Bertz CT molecular complexity index is 1310. The highest BCUT2D eigenvalue weighted by atomic mass is 16.5. The van der Waals surface area contributed by atoms with Crippen molar-refractivity contribution in [2.24, 2.45) is 5.73 Å². The lowest BCUT2D eigenvalue weighted by Crippen LogP contribution is -2.44. The molecule has 208 valence electrons. The molecule has 4 N–H and O–H groups in total. The second-order valence-electron chi connectivity index (χ2n) is 10.0. The summed E-state index contributed by atoms with van der Waals surface area (Å²) in [5.74, 6) is -0.129. The zero-order chi connectivity index (χ0) is 27.4. The number of fused-ring (bicyclic) bond motifs is 1. The summed E-state index contributed by atoms with van der Waals surface area (Å²) in [4.78, 5) is 33.7. The van der Waals surface area contributed by atoms with Crippen LogP contribution in [0, 0.1) is 0 Å². The number of hydrogen-bond acceptors (Lipinski definition) is 7. The normalized spacial score (nSPS) is 16.5. The number of hydrogen-bond donors (Lipinski definition) is 3. The number of nitrogens with one attached hydrogen (secondary N) is 2. The molecular weight excluding hydrogens is 496 g/mol. The van der Waals surface area contributed by atoms with E-state index in [1.165, 1.54) is 0 Å². The van der Waals surface area contributed by atoms with Gasteiger partial charge in [-0.25, -0.2) is 14.5 Å². The minimum atomic E-state index is -0.376. The van der Waals surface area contributed by atoms with Gasteiger partial charge in [-0.3, -0.25) is 4.79 Å². The van der Waals surface area contributed by atoms with Crippen LogP contribution in [0.3, 0.4) is 0 Å². The molecule has 3 amide bonds. The van der Waals surface area contributed by atoms with E-state index in [-0.39, 0.29) is 18.0 Å². The van der Waals surface area contributed by atoms with Crippen LogP contribution in [-0.2, 0) is 24.2 Å². The van der Waals surface area contributed by atoms with Crippen LogP contribution in [0.5, 0.6) is 0 Å². The van der Waals surface area contributed by atoms with Gasteiger partial charge in [0.1, 0.15) is 0 Å². The van der Waals surface area contributed by atoms with Crippen LogP contribution in [0.2, 0.25) is 0 Å². The van der Waals surface area contributed by atoms with Crippen LogP contribution < -0.4 is 21.3 Å². The maximum absolute atomic E-state index is 13.2. The molecule has 2 aliphatic heterocycles. The fourth-order valence-corrected chi connectivity index (χ4v) is 5.42. The smallest absolute Gasteiger partial charge is 0.314 e. The third kappa shape index (κ3) is 5.78. The van der Waals surface area contributed by atoms with Crippen molar-refractivity contribution in [1.29, 1.82) is 0 Å². The first-order valence-corrected chi connectivity index (χ1v) is 13.9. The topological polar surface area (TPSA) is 131 Å². The van der Waals surface area contributed by atoms with E-state index in [4.69, 9.17) is 15.5 Å². The molecule has 2 fully saturated rings. The summed E-state index contributed by atoms with van der Waals surface area (Å²) in [6, 6.07) is 7.53. The number of piperidine rings is 1. The first-order chi connectivity index (χ1) is 19.0. The Balaban J connectivity index is 1.37. The Kier molecular flexibility index (Phi) is 8.16. The number of likely N-dealkylation sites (tertiary alicyclic amines) is 1. The number of ether oxygens (including phenoxy) is 1. The van der Waals surface area contributed by atoms with Gasteiger partial charge in [0.05, 0.1) is 30.5 Å². The maximum atomic E-state index is 13.2. The minimum Gasteiger partial charge on any atom is -0.381 e. The van der Waals surface area contributed by atoms with Crippen LogP contribution in [-0.4, -0.2) is 77.0 Å². The summed E-state index contributed by atoms with van der Waals surface area (Å²) in [5.41, 5.74) is 10.9. The molecule has 5 rings (SSSR count). The van der Waals surface area contributed by atoms with Gasteiger partial charge in [-0.15, -0.1) is 0 Å². The van der Waals surface area contributed by atoms with E-state index in [1.807, 2.05) is 42.1 Å². The third-order valence-electron chi connectivity index (χ3n) is 7.69. The van der Waals surface area contributed by atoms with E-state index in [0.717, 1.165) is 79.2 Å². The first-order valence-electron chi connectivity index (χ1n) is 13.9. The van der Waals surface area contributed by atoms with Crippen molar-refractivity contribution in [2.75, 3.05) is 49.6 Å². The summed E-state index contributed by atoms with van der Waals surface area (Å²) in [6.07, 6.45) is 4.15. The molecule has 0 bridgehead atoms. The molecule has 0 aliphatic carbocycles. The third-order valence-corrected chi connectivity index (χ3v) is 7.69. The number of primary amides is 1. The lowest BCUT2D eigenvalue weighted by atomic mass is 10.0. The number of morpholine rings is 1. The summed E-state index contributed by atoms with van der Waals surface area (Å²) in [7, 11) is 0. The molecule has 0 atom stereocenters.